The Kier molecular flexibility index (Phi) is 7.39. The summed E-state index contributed by atoms with van der Waals surface area (Å²) in [5.41, 5.74) is 5.52. The number of likely N-dealkylation sites (tertiary alicyclic amines) is 1. The van der Waals surface area contributed by atoms with E-state index in [2.05, 4.69) is 22.1 Å². The fourth-order valence-corrected chi connectivity index (χ4v) is 10.5. The summed E-state index contributed by atoms with van der Waals surface area (Å²) in [6.07, 6.45) is 10.0. The van der Waals surface area contributed by atoms with Crippen molar-refractivity contribution in [2.24, 2.45) is 33.9 Å². The van der Waals surface area contributed by atoms with Crippen LogP contribution in [0.1, 0.15) is 64.7 Å². The van der Waals surface area contributed by atoms with Crippen LogP contribution < -0.4 is 11.1 Å². The van der Waals surface area contributed by atoms with Gasteiger partial charge in [-0.3, -0.25) is 9.69 Å². The van der Waals surface area contributed by atoms with E-state index in [0.29, 0.717) is 33.5 Å². The van der Waals surface area contributed by atoms with Gasteiger partial charge in [-0.2, -0.15) is 14.6 Å². The molecule has 6 aliphatic rings. The summed E-state index contributed by atoms with van der Waals surface area (Å²) in [6, 6.07) is 6.55. The third kappa shape index (κ3) is 5.04. The number of hydrogen-bond acceptors (Lipinski definition) is 6. The standard InChI is InChI=1S/C29H39ClN6O3S/c1-18(27(33-17-31)34-26-20-12-19-13-21(26)16-29(14-19,15-20)28(32)37)35-10-8-24(9-11-35)36(23-4-5-23)40(38,39)25-6-2-22(30)3-7-25/h2-3,6-7,18-21,23-24,26H,4-5,8-16H2,1H3,(H2,32,37)(H,33,34). The van der Waals surface area contributed by atoms with E-state index in [9.17, 15) is 18.5 Å². The number of rotatable bonds is 8. The van der Waals surface area contributed by atoms with Crippen molar-refractivity contribution in [3.63, 3.8) is 0 Å². The summed E-state index contributed by atoms with van der Waals surface area (Å²) >= 11 is 6.01. The third-order valence-corrected chi connectivity index (χ3v) is 12.7. The second-order valence-corrected chi connectivity index (χ2v) is 15.1. The van der Waals surface area contributed by atoms with Gasteiger partial charge >= 0.3 is 0 Å². The van der Waals surface area contributed by atoms with Crippen LogP contribution in [0, 0.1) is 34.6 Å². The number of amides is 1. The maximum atomic E-state index is 13.6. The average Bonchev–Trinajstić information content (AvgIpc) is 3.75. The maximum Gasteiger partial charge on any atom is 0.243 e. The highest BCUT2D eigenvalue weighted by molar-refractivity contribution is 7.89. The lowest BCUT2D eigenvalue weighted by Gasteiger charge is -2.59. The number of nitrogens with one attached hydrogen (secondary N) is 1. The first-order chi connectivity index (χ1) is 19.1. The van der Waals surface area contributed by atoms with Crippen LogP contribution in [0.3, 0.4) is 0 Å². The van der Waals surface area contributed by atoms with Gasteiger partial charge in [-0.1, -0.05) is 11.6 Å². The SMILES string of the molecule is CC(/C(=N/C#N)NC1C2CC3CC1CC(C(N)=O)(C3)C2)N1CCC(N(C2CC2)S(=O)(=O)c2ccc(Cl)cc2)CC1. The molecule has 9 nitrogen and oxygen atoms in total. The summed E-state index contributed by atoms with van der Waals surface area (Å²) < 4.78 is 29.0. The van der Waals surface area contributed by atoms with Gasteiger partial charge in [0, 0.05) is 41.7 Å². The Labute approximate surface area is 242 Å². The molecule has 5 aliphatic carbocycles. The van der Waals surface area contributed by atoms with Crippen LogP contribution in [0.4, 0.5) is 0 Å². The van der Waals surface area contributed by atoms with E-state index in [1.807, 2.05) is 6.19 Å². The van der Waals surface area contributed by atoms with E-state index in [1.165, 1.54) is 0 Å². The smallest absolute Gasteiger partial charge is 0.243 e. The number of carbonyl (C=O) groups excluding carboxylic acids is 1. The zero-order chi connectivity index (χ0) is 28.2. The van der Waals surface area contributed by atoms with Gasteiger partial charge in [0.05, 0.1) is 10.9 Å². The van der Waals surface area contributed by atoms with Crippen molar-refractivity contribution < 1.29 is 13.2 Å². The Morgan fingerprint density at radius 2 is 1.73 bits per heavy atom. The first-order valence-electron chi connectivity index (χ1n) is 14.7. The largest absolute Gasteiger partial charge is 0.369 e. The lowest BCUT2D eigenvalue weighted by molar-refractivity contribution is -0.145. The average molecular weight is 587 g/mol. The van der Waals surface area contributed by atoms with Gasteiger partial charge in [-0.05, 0) is 107 Å². The second-order valence-electron chi connectivity index (χ2n) is 12.8. The highest BCUT2D eigenvalue weighted by Gasteiger charge is 2.58. The molecule has 4 bridgehead atoms. The van der Waals surface area contributed by atoms with Crippen LogP contribution in [-0.4, -0.2) is 66.6 Å². The molecule has 216 valence electrons. The molecular formula is C29H39ClN6O3S. The Hall–Kier alpha value is -2.19. The third-order valence-electron chi connectivity index (χ3n) is 10.4. The number of amidine groups is 1. The van der Waals surface area contributed by atoms with E-state index in [0.717, 1.165) is 70.9 Å². The molecule has 1 aliphatic heterocycles. The van der Waals surface area contributed by atoms with Crippen molar-refractivity contribution in [3.05, 3.63) is 29.3 Å². The topological polar surface area (TPSA) is 132 Å². The molecule has 1 aromatic carbocycles. The number of sulfonamides is 1. The molecule has 1 saturated heterocycles. The number of nitrogens with two attached hydrogens (primary N) is 1. The number of benzene rings is 1. The highest BCUT2D eigenvalue weighted by atomic mass is 35.5. The molecule has 40 heavy (non-hydrogen) atoms. The van der Waals surface area contributed by atoms with E-state index in [4.69, 9.17) is 17.3 Å². The number of nitriles is 1. The van der Waals surface area contributed by atoms with Crippen molar-refractivity contribution in [1.82, 2.24) is 14.5 Å². The zero-order valence-electron chi connectivity index (χ0n) is 23.0. The van der Waals surface area contributed by atoms with Gasteiger partial charge in [-0.25, -0.2) is 8.42 Å². The number of aliphatic imine (C=N–C) groups is 1. The minimum Gasteiger partial charge on any atom is -0.369 e. The monoisotopic (exact) mass is 586 g/mol. The Balaban J connectivity index is 1.12. The van der Waals surface area contributed by atoms with Crippen LogP contribution in [0.15, 0.2) is 34.2 Å². The first kappa shape index (κ1) is 28.0. The lowest BCUT2D eigenvalue weighted by Crippen LogP contribution is -2.63. The maximum absolute atomic E-state index is 13.6. The Morgan fingerprint density at radius 3 is 2.27 bits per heavy atom. The van der Waals surface area contributed by atoms with E-state index in [-0.39, 0.29) is 35.5 Å². The molecule has 1 aromatic rings. The molecule has 5 saturated carbocycles. The van der Waals surface area contributed by atoms with Crippen LogP contribution in [-0.2, 0) is 14.8 Å². The van der Waals surface area contributed by atoms with Crippen LogP contribution >= 0.6 is 11.6 Å². The molecule has 6 fully saturated rings. The molecule has 0 spiro atoms. The van der Waals surface area contributed by atoms with Crippen molar-refractivity contribution in [1.29, 1.82) is 5.26 Å². The van der Waals surface area contributed by atoms with Gasteiger partial charge in [0.1, 0.15) is 5.84 Å². The number of carbonyl (C=O) groups is 1. The molecule has 3 atom stereocenters. The van der Waals surface area contributed by atoms with E-state index < -0.39 is 10.0 Å². The summed E-state index contributed by atoms with van der Waals surface area (Å²) in [4.78, 5) is 19.2. The van der Waals surface area contributed by atoms with Gasteiger partial charge in [-0.15, -0.1) is 0 Å². The van der Waals surface area contributed by atoms with E-state index >= 15 is 0 Å². The van der Waals surface area contributed by atoms with Crippen LogP contribution in [0.25, 0.3) is 0 Å². The minimum atomic E-state index is -3.61. The summed E-state index contributed by atoms with van der Waals surface area (Å²) in [5.74, 6) is 1.83. The van der Waals surface area contributed by atoms with E-state index in [1.54, 1.807) is 28.6 Å². The summed E-state index contributed by atoms with van der Waals surface area (Å²) in [5, 5.41) is 13.7. The molecule has 0 radical (unpaired) electrons. The Morgan fingerprint density at radius 1 is 1.12 bits per heavy atom. The quantitative estimate of drug-likeness (QED) is 0.272. The normalized spacial score (nSPS) is 33.6. The molecule has 0 aromatic heterocycles. The van der Waals surface area contributed by atoms with Gasteiger partial charge in [0.25, 0.3) is 0 Å². The molecule has 3 unspecified atom stereocenters. The fraction of sp³-hybridized carbons (Fsp3) is 0.690. The van der Waals surface area contributed by atoms with Crippen LogP contribution in [0.5, 0.6) is 0 Å². The van der Waals surface area contributed by atoms with Crippen molar-refractivity contribution in [2.45, 2.75) is 93.8 Å². The summed E-state index contributed by atoms with van der Waals surface area (Å²) in [6.45, 7) is 3.52. The van der Waals surface area contributed by atoms with Crippen molar-refractivity contribution in [3.8, 4) is 6.19 Å². The molecular weight excluding hydrogens is 548 g/mol. The molecule has 11 heteroatoms. The Bertz CT molecular complexity index is 1300. The number of primary amides is 1. The zero-order valence-corrected chi connectivity index (χ0v) is 24.6. The number of piperidine rings is 1. The van der Waals surface area contributed by atoms with Gasteiger partial charge in [0.2, 0.25) is 22.1 Å². The predicted octanol–water partition coefficient (Wildman–Crippen LogP) is 3.50. The summed E-state index contributed by atoms with van der Waals surface area (Å²) in [7, 11) is -3.61. The first-order valence-corrected chi connectivity index (χ1v) is 16.5. The second kappa shape index (κ2) is 10.6. The fourth-order valence-electron chi connectivity index (χ4n) is 8.48. The molecule has 7 rings (SSSR count). The number of halogens is 1. The van der Waals surface area contributed by atoms with Gasteiger partial charge in [0.15, 0.2) is 0 Å². The highest BCUT2D eigenvalue weighted by Crippen LogP contribution is 2.60. The number of nitrogens with zero attached hydrogens (tertiary/aromatic N) is 4. The molecule has 1 heterocycles. The van der Waals surface area contributed by atoms with Crippen LogP contribution in [0.2, 0.25) is 5.02 Å². The number of hydrogen-bond donors (Lipinski definition) is 2. The minimum absolute atomic E-state index is 0.0599. The van der Waals surface area contributed by atoms with Gasteiger partial charge < -0.3 is 11.1 Å². The molecule has 3 N–H and O–H groups in total. The van der Waals surface area contributed by atoms with Crippen molar-refractivity contribution >= 4 is 33.4 Å². The predicted molar refractivity (Wildman–Crippen MR) is 153 cm³/mol. The molecule has 1 amide bonds. The lowest BCUT2D eigenvalue weighted by atomic mass is 9.47. The van der Waals surface area contributed by atoms with Crippen molar-refractivity contribution in [2.75, 3.05) is 13.1 Å².